The predicted molar refractivity (Wildman–Crippen MR) is 199 cm³/mol. The van der Waals surface area contributed by atoms with E-state index in [0.717, 1.165) is 4.70 Å². The first kappa shape index (κ1) is 32.3. The predicted octanol–water partition coefficient (Wildman–Crippen LogP) is 10.1. The van der Waals surface area contributed by atoms with Gasteiger partial charge in [0.1, 0.15) is 0 Å². The summed E-state index contributed by atoms with van der Waals surface area (Å²) in [5, 5.41) is 15.9. The molecule has 1 aliphatic heterocycles. The number of carbonyl (C=O) groups excluding carboxylic acids is 2. The fourth-order valence-electron chi connectivity index (χ4n) is 4.93. The van der Waals surface area contributed by atoms with Gasteiger partial charge in [0.25, 0.3) is 17.5 Å². The Balaban J connectivity index is 1.14. The van der Waals surface area contributed by atoms with Gasteiger partial charge in [0.05, 0.1) is 46.9 Å². The second kappa shape index (κ2) is 14.1. The van der Waals surface area contributed by atoms with Gasteiger partial charge in [0, 0.05) is 11.8 Å². The number of rotatable bonds is 8. The number of fused-ring (bicyclic) bond motifs is 1. The number of nitrogens with one attached hydrogen (secondary N) is 1. The minimum absolute atomic E-state index is 0.111. The summed E-state index contributed by atoms with van der Waals surface area (Å²) >= 11 is 9.92. The summed E-state index contributed by atoms with van der Waals surface area (Å²) in [5.41, 5.74) is 3.39. The Morgan fingerprint density at radius 3 is 2.43 bits per heavy atom. The number of hydrogen-bond acceptors (Lipinski definition) is 9. The van der Waals surface area contributed by atoms with Gasteiger partial charge < -0.3 is 5.32 Å². The zero-order chi connectivity index (χ0) is 33.9. The van der Waals surface area contributed by atoms with Crippen molar-refractivity contribution < 1.29 is 14.5 Å². The highest BCUT2D eigenvalue weighted by molar-refractivity contribution is 8.19. The van der Waals surface area contributed by atoms with E-state index in [0.29, 0.717) is 58.0 Å². The third-order valence-electron chi connectivity index (χ3n) is 7.22. The highest BCUT2D eigenvalue weighted by atomic mass is 35.5. The van der Waals surface area contributed by atoms with Gasteiger partial charge in [0.2, 0.25) is 0 Å². The molecule has 240 valence electrons. The number of thioether (sulfide) groups is 1. The number of amidine groups is 1. The standard InChI is InChI=1S/C36H22ClN5O4S3/c37-27-14-8-7-13-26(27)33(43)38-24-16-17-28-31(21-24)49-36(40-28)48-30-18-15-22(19-29(30)42(45)46)20-32-34(44)41(25-11-5-2-6-12-25)35(47-32)39-23-9-3-1-4-10-23/h1-21H,(H,38,43)/b32-20-,39-35?. The van der Waals surface area contributed by atoms with Crippen LogP contribution in [0.5, 0.6) is 0 Å². The summed E-state index contributed by atoms with van der Waals surface area (Å²) in [5.74, 6) is -0.608. The highest BCUT2D eigenvalue weighted by Crippen LogP contribution is 2.41. The molecule has 1 saturated heterocycles. The topological polar surface area (TPSA) is 118 Å². The lowest BCUT2D eigenvalue weighted by molar-refractivity contribution is -0.387. The Morgan fingerprint density at radius 1 is 0.939 bits per heavy atom. The molecular formula is C36H22ClN5O4S3. The molecule has 0 atom stereocenters. The van der Waals surface area contributed by atoms with E-state index >= 15 is 0 Å². The molecule has 1 aromatic heterocycles. The van der Waals surface area contributed by atoms with E-state index in [-0.39, 0.29) is 17.5 Å². The largest absolute Gasteiger partial charge is 0.322 e. The molecule has 1 fully saturated rings. The number of aromatic nitrogens is 1. The lowest BCUT2D eigenvalue weighted by Crippen LogP contribution is -2.28. The normalized spacial score (nSPS) is 14.6. The number of para-hydroxylation sites is 2. The fourth-order valence-corrected chi connectivity index (χ4v) is 8.30. The molecule has 13 heteroatoms. The van der Waals surface area contributed by atoms with E-state index in [1.165, 1.54) is 40.9 Å². The summed E-state index contributed by atoms with van der Waals surface area (Å²) in [4.78, 5) is 49.9. The number of carbonyl (C=O) groups is 2. The molecule has 0 aliphatic carbocycles. The number of aliphatic imine (C=N–C) groups is 1. The summed E-state index contributed by atoms with van der Waals surface area (Å²) in [6, 6.07) is 35.6. The van der Waals surface area contributed by atoms with Gasteiger partial charge in [-0.25, -0.2) is 9.98 Å². The number of thiazole rings is 1. The van der Waals surface area contributed by atoms with Crippen molar-refractivity contribution in [2.24, 2.45) is 4.99 Å². The molecule has 1 aliphatic rings. The lowest BCUT2D eigenvalue weighted by Gasteiger charge is -2.15. The molecular weight excluding hydrogens is 698 g/mol. The van der Waals surface area contributed by atoms with Gasteiger partial charge in [-0.1, -0.05) is 78.0 Å². The second-order valence-electron chi connectivity index (χ2n) is 10.5. The number of benzene rings is 5. The van der Waals surface area contributed by atoms with Crippen LogP contribution in [0.15, 0.2) is 140 Å². The van der Waals surface area contributed by atoms with Crippen molar-refractivity contribution >= 4 is 102 Å². The number of halogens is 1. The first-order valence-corrected chi connectivity index (χ1v) is 17.5. The number of nitrogens with zero attached hydrogens (tertiary/aromatic N) is 4. The van der Waals surface area contributed by atoms with Gasteiger partial charge in [-0.2, -0.15) is 0 Å². The van der Waals surface area contributed by atoms with E-state index in [9.17, 15) is 19.7 Å². The van der Waals surface area contributed by atoms with Crippen molar-refractivity contribution in [3.63, 3.8) is 0 Å². The molecule has 2 amide bonds. The van der Waals surface area contributed by atoms with Gasteiger partial charge in [-0.15, -0.1) is 11.3 Å². The summed E-state index contributed by atoms with van der Waals surface area (Å²) in [7, 11) is 0. The number of nitro groups is 1. The summed E-state index contributed by atoms with van der Waals surface area (Å²) < 4.78 is 1.40. The Hall–Kier alpha value is -5.27. The first-order chi connectivity index (χ1) is 23.8. The Bertz CT molecular complexity index is 2310. The van der Waals surface area contributed by atoms with Crippen molar-refractivity contribution in [3.8, 4) is 0 Å². The molecule has 0 bridgehead atoms. The van der Waals surface area contributed by atoms with Crippen LogP contribution < -0.4 is 10.2 Å². The molecule has 7 rings (SSSR count). The number of amides is 2. The SMILES string of the molecule is O=C(Nc1ccc2nc(Sc3ccc(/C=C4\SC(=Nc5ccccc5)N(c5ccccc5)C4=O)cc3[N+](=O)[O-])sc2c1)c1ccccc1Cl. The lowest BCUT2D eigenvalue weighted by atomic mass is 10.2. The third-order valence-corrected chi connectivity index (χ3v) is 10.7. The van der Waals surface area contributed by atoms with Crippen LogP contribution in [0.3, 0.4) is 0 Å². The van der Waals surface area contributed by atoms with E-state index < -0.39 is 4.92 Å². The molecule has 9 nitrogen and oxygen atoms in total. The molecule has 1 N–H and O–H groups in total. The maximum Gasteiger partial charge on any atom is 0.283 e. The maximum atomic E-state index is 13.7. The average Bonchev–Trinajstić information content (AvgIpc) is 3.64. The average molecular weight is 720 g/mol. The van der Waals surface area contributed by atoms with Crippen LogP contribution in [0.4, 0.5) is 22.7 Å². The van der Waals surface area contributed by atoms with Crippen LogP contribution in [0.2, 0.25) is 5.02 Å². The van der Waals surface area contributed by atoms with Crippen LogP contribution in [-0.2, 0) is 4.79 Å². The van der Waals surface area contributed by atoms with Crippen LogP contribution in [0, 0.1) is 10.1 Å². The zero-order valence-electron chi connectivity index (χ0n) is 25.1. The molecule has 6 aromatic rings. The molecule has 0 radical (unpaired) electrons. The van der Waals surface area contributed by atoms with Crippen molar-refractivity contribution in [2.75, 3.05) is 10.2 Å². The van der Waals surface area contributed by atoms with Gasteiger partial charge in [0.15, 0.2) is 9.51 Å². The van der Waals surface area contributed by atoms with Gasteiger partial charge in [-0.3, -0.25) is 24.6 Å². The van der Waals surface area contributed by atoms with E-state index in [4.69, 9.17) is 16.6 Å². The van der Waals surface area contributed by atoms with Crippen molar-refractivity contribution in [1.82, 2.24) is 4.98 Å². The van der Waals surface area contributed by atoms with Gasteiger partial charge in [-0.05, 0) is 84.1 Å². The minimum Gasteiger partial charge on any atom is -0.322 e. The van der Waals surface area contributed by atoms with Crippen LogP contribution in [-0.4, -0.2) is 26.9 Å². The monoisotopic (exact) mass is 719 g/mol. The Labute approximate surface area is 297 Å². The second-order valence-corrected chi connectivity index (χ2v) is 14.2. The minimum atomic E-state index is -0.442. The maximum absolute atomic E-state index is 13.7. The van der Waals surface area contributed by atoms with E-state index in [2.05, 4.69) is 10.3 Å². The van der Waals surface area contributed by atoms with Crippen LogP contribution >= 0.6 is 46.5 Å². The number of anilines is 2. The number of hydrogen-bond donors (Lipinski definition) is 1. The number of nitro benzene ring substituents is 1. The quantitative estimate of drug-likeness (QED) is 0.0945. The van der Waals surface area contributed by atoms with Crippen molar-refractivity contribution in [3.05, 3.63) is 152 Å². The Kier molecular flexibility index (Phi) is 9.27. The third kappa shape index (κ3) is 7.13. The highest BCUT2D eigenvalue weighted by Gasteiger charge is 2.35. The van der Waals surface area contributed by atoms with Crippen LogP contribution in [0.1, 0.15) is 15.9 Å². The summed E-state index contributed by atoms with van der Waals surface area (Å²) in [6.45, 7) is 0. The molecule has 0 unspecified atom stereocenters. The molecule has 49 heavy (non-hydrogen) atoms. The summed E-state index contributed by atoms with van der Waals surface area (Å²) in [6.07, 6.45) is 1.65. The molecule has 5 aromatic carbocycles. The van der Waals surface area contributed by atoms with Crippen molar-refractivity contribution in [1.29, 1.82) is 0 Å². The Morgan fingerprint density at radius 2 is 1.67 bits per heavy atom. The fraction of sp³-hybridized carbons (Fsp3) is 0. The molecule has 0 saturated carbocycles. The molecule has 0 spiro atoms. The van der Waals surface area contributed by atoms with Gasteiger partial charge >= 0.3 is 0 Å². The first-order valence-electron chi connectivity index (χ1n) is 14.7. The zero-order valence-corrected chi connectivity index (χ0v) is 28.4. The molecule has 2 heterocycles. The van der Waals surface area contributed by atoms with E-state index in [1.54, 1.807) is 65.6 Å². The van der Waals surface area contributed by atoms with E-state index in [1.807, 2.05) is 60.7 Å². The van der Waals surface area contributed by atoms with Crippen LogP contribution in [0.25, 0.3) is 16.3 Å². The van der Waals surface area contributed by atoms with Crippen molar-refractivity contribution in [2.45, 2.75) is 9.24 Å². The smallest absolute Gasteiger partial charge is 0.283 e.